The summed E-state index contributed by atoms with van der Waals surface area (Å²) in [5.74, 6) is 0.480. The Morgan fingerprint density at radius 3 is 2.75 bits per heavy atom. The van der Waals surface area contributed by atoms with Crippen molar-refractivity contribution in [2.75, 3.05) is 0 Å². The summed E-state index contributed by atoms with van der Waals surface area (Å²) in [5.41, 5.74) is 1.04. The van der Waals surface area contributed by atoms with Crippen LogP contribution in [0.5, 0.6) is 0 Å². The highest BCUT2D eigenvalue weighted by molar-refractivity contribution is 7.99. The number of benzene rings is 1. The van der Waals surface area contributed by atoms with E-state index >= 15 is 0 Å². The highest BCUT2D eigenvalue weighted by Crippen LogP contribution is 2.35. The van der Waals surface area contributed by atoms with Crippen molar-refractivity contribution in [2.45, 2.75) is 43.2 Å². The first-order valence-corrected chi connectivity index (χ1v) is 8.22. The Labute approximate surface area is 144 Å². The number of hydrogen-bond donors (Lipinski definition) is 0. The molecule has 2 rings (SSSR count). The van der Waals surface area contributed by atoms with E-state index in [0.29, 0.717) is 5.82 Å². The first-order chi connectivity index (χ1) is 11.3. The molecule has 0 aliphatic heterocycles. The van der Waals surface area contributed by atoms with Crippen molar-refractivity contribution in [1.82, 2.24) is 9.55 Å². The van der Waals surface area contributed by atoms with Crippen LogP contribution in [0.25, 0.3) is 0 Å². The second-order valence-corrected chi connectivity index (χ2v) is 6.63. The van der Waals surface area contributed by atoms with Crippen molar-refractivity contribution < 1.29 is 14.5 Å². The van der Waals surface area contributed by atoms with Crippen LogP contribution >= 0.6 is 11.8 Å². The largest absolute Gasteiger partial charge is 0.458 e. The molecule has 128 valence electrons. The molecule has 1 aromatic heterocycles. The van der Waals surface area contributed by atoms with Gasteiger partial charge in [-0.2, -0.15) is 0 Å². The van der Waals surface area contributed by atoms with Crippen LogP contribution in [-0.2, 0) is 23.2 Å². The average molecular weight is 349 g/mol. The van der Waals surface area contributed by atoms with Gasteiger partial charge in [0, 0.05) is 31.0 Å². The Kier molecular flexibility index (Phi) is 5.61. The van der Waals surface area contributed by atoms with Gasteiger partial charge in [-0.05, 0) is 12.0 Å². The molecule has 0 N–H and O–H groups in total. The van der Waals surface area contributed by atoms with Crippen LogP contribution in [0.4, 0.5) is 5.69 Å². The van der Waals surface area contributed by atoms with Gasteiger partial charge in [-0.15, -0.1) is 0 Å². The van der Waals surface area contributed by atoms with E-state index in [-0.39, 0.29) is 24.2 Å². The second kappa shape index (κ2) is 7.48. The van der Waals surface area contributed by atoms with Crippen molar-refractivity contribution in [2.24, 2.45) is 7.05 Å². The molecule has 0 unspecified atom stereocenters. The Hall–Kier alpha value is -2.35. The number of nitrogens with zero attached hydrogens (tertiary/aromatic N) is 3. The fraction of sp³-hybridized carbons (Fsp3) is 0.375. The van der Waals surface area contributed by atoms with Crippen LogP contribution < -0.4 is 0 Å². The molecule has 0 bridgehead atoms. The van der Waals surface area contributed by atoms with Gasteiger partial charge in [0.1, 0.15) is 17.5 Å². The van der Waals surface area contributed by atoms with E-state index in [4.69, 9.17) is 4.74 Å². The van der Waals surface area contributed by atoms with Crippen LogP contribution in [0.1, 0.15) is 38.2 Å². The number of aromatic nitrogens is 2. The van der Waals surface area contributed by atoms with Gasteiger partial charge in [0.2, 0.25) is 0 Å². The summed E-state index contributed by atoms with van der Waals surface area (Å²) < 4.78 is 6.95. The van der Waals surface area contributed by atoms with Crippen molar-refractivity contribution in [3.8, 4) is 0 Å². The standard InChI is InChI=1S/C16H19N3O4S/c1-10(2)15-16(17-14(18(15)4)9-23-11(3)20)24-13-7-5-6-12(8-13)19(21)22/h5-8,10H,9H2,1-4H3. The van der Waals surface area contributed by atoms with Crippen LogP contribution in [0, 0.1) is 10.1 Å². The lowest BCUT2D eigenvalue weighted by Gasteiger charge is -2.10. The molecular weight excluding hydrogens is 330 g/mol. The number of non-ortho nitro benzene ring substituents is 1. The molecule has 2 aromatic rings. The Morgan fingerprint density at radius 2 is 2.17 bits per heavy atom. The van der Waals surface area contributed by atoms with Gasteiger partial charge in [0.15, 0.2) is 0 Å². The van der Waals surface area contributed by atoms with Gasteiger partial charge >= 0.3 is 5.97 Å². The third kappa shape index (κ3) is 4.14. The van der Waals surface area contributed by atoms with Crippen molar-refractivity contribution in [3.05, 3.63) is 45.9 Å². The average Bonchev–Trinajstić information content (AvgIpc) is 2.81. The number of nitro groups is 1. The molecule has 0 atom stereocenters. The minimum absolute atomic E-state index is 0.0437. The maximum absolute atomic E-state index is 11.0. The summed E-state index contributed by atoms with van der Waals surface area (Å²) in [4.78, 5) is 26.8. The second-order valence-electron chi connectivity index (χ2n) is 5.57. The molecule has 1 heterocycles. The van der Waals surface area contributed by atoms with E-state index < -0.39 is 4.92 Å². The summed E-state index contributed by atoms with van der Waals surface area (Å²) in [6.07, 6.45) is 0. The number of ether oxygens (including phenoxy) is 1. The lowest BCUT2D eigenvalue weighted by Crippen LogP contribution is -2.07. The lowest BCUT2D eigenvalue weighted by molar-refractivity contribution is -0.385. The van der Waals surface area contributed by atoms with Crippen molar-refractivity contribution in [1.29, 1.82) is 0 Å². The zero-order chi connectivity index (χ0) is 17.9. The van der Waals surface area contributed by atoms with E-state index in [9.17, 15) is 14.9 Å². The summed E-state index contributed by atoms with van der Waals surface area (Å²) in [7, 11) is 1.87. The predicted octanol–water partition coefficient (Wildman–Crippen LogP) is 3.67. The Balaban J connectivity index is 2.35. The Bertz CT molecular complexity index is 771. The molecule has 0 aliphatic carbocycles. The number of esters is 1. The topological polar surface area (TPSA) is 87.3 Å². The summed E-state index contributed by atoms with van der Waals surface area (Å²) in [6, 6.07) is 6.44. The third-order valence-electron chi connectivity index (χ3n) is 3.39. The normalized spacial score (nSPS) is 10.9. The van der Waals surface area contributed by atoms with Gasteiger partial charge < -0.3 is 9.30 Å². The number of imidazole rings is 1. The fourth-order valence-electron chi connectivity index (χ4n) is 2.31. The van der Waals surface area contributed by atoms with Crippen LogP contribution in [0.15, 0.2) is 34.2 Å². The molecule has 8 heteroatoms. The van der Waals surface area contributed by atoms with E-state index in [2.05, 4.69) is 4.98 Å². The molecular formula is C16H19N3O4S. The molecule has 1 aromatic carbocycles. The molecule has 0 radical (unpaired) electrons. The highest BCUT2D eigenvalue weighted by Gasteiger charge is 2.19. The molecule has 7 nitrogen and oxygen atoms in total. The van der Waals surface area contributed by atoms with Crippen molar-refractivity contribution >= 4 is 23.4 Å². The molecule has 0 saturated carbocycles. The minimum atomic E-state index is -0.419. The quantitative estimate of drug-likeness (QED) is 0.449. The fourth-order valence-corrected chi connectivity index (χ4v) is 3.49. The van der Waals surface area contributed by atoms with Gasteiger partial charge in [0.25, 0.3) is 5.69 Å². The number of hydrogen-bond acceptors (Lipinski definition) is 6. The first-order valence-electron chi connectivity index (χ1n) is 7.40. The maximum Gasteiger partial charge on any atom is 0.303 e. The molecule has 0 spiro atoms. The van der Waals surface area contributed by atoms with E-state index in [1.54, 1.807) is 6.07 Å². The number of nitro benzene ring substituents is 1. The zero-order valence-electron chi connectivity index (χ0n) is 14.0. The van der Waals surface area contributed by atoms with E-state index in [1.807, 2.05) is 31.5 Å². The third-order valence-corrected chi connectivity index (χ3v) is 4.38. The zero-order valence-corrected chi connectivity index (χ0v) is 14.8. The van der Waals surface area contributed by atoms with Crippen LogP contribution in [-0.4, -0.2) is 20.4 Å². The van der Waals surface area contributed by atoms with Gasteiger partial charge in [-0.1, -0.05) is 31.7 Å². The monoisotopic (exact) mass is 349 g/mol. The summed E-state index contributed by atoms with van der Waals surface area (Å²) in [5, 5.41) is 11.7. The molecule has 0 saturated heterocycles. The van der Waals surface area contributed by atoms with Crippen LogP contribution in [0.2, 0.25) is 0 Å². The lowest BCUT2D eigenvalue weighted by atomic mass is 10.1. The van der Waals surface area contributed by atoms with Gasteiger partial charge in [0.05, 0.1) is 10.6 Å². The predicted molar refractivity (Wildman–Crippen MR) is 90.0 cm³/mol. The minimum Gasteiger partial charge on any atom is -0.458 e. The smallest absolute Gasteiger partial charge is 0.303 e. The summed E-state index contributed by atoms with van der Waals surface area (Å²) in [6.45, 7) is 5.54. The summed E-state index contributed by atoms with van der Waals surface area (Å²) >= 11 is 1.37. The molecule has 0 amide bonds. The Morgan fingerprint density at radius 1 is 1.46 bits per heavy atom. The van der Waals surface area contributed by atoms with E-state index in [1.165, 1.54) is 30.8 Å². The number of carbonyl (C=O) groups is 1. The number of rotatable bonds is 6. The van der Waals surface area contributed by atoms with E-state index in [0.717, 1.165) is 15.6 Å². The molecule has 0 aliphatic rings. The van der Waals surface area contributed by atoms with Crippen LogP contribution in [0.3, 0.4) is 0 Å². The number of carbonyl (C=O) groups excluding carboxylic acids is 1. The van der Waals surface area contributed by atoms with Gasteiger partial charge in [-0.3, -0.25) is 14.9 Å². The molecule has 0 fully saturated rings. The first kappa shape index (κ1) is 18.0. The molecule has 24 heavy (non-hydrogen) atoms. The maximum atomic E-state index is 11.0. The van der Waals surface area contributed by atoms with Crippen molar-refractivity contribution in [3.63, 3.8) is 0 Å². The van der Waals surface area contributed by atoms with Gasteiger partial charge in [-0.25, -0.2) is 4.98 Å². The SMILES string of the molecule is CC(=O)OCc1nc(Sc2cccc([N+](=O)[O-])c2)c(C(C)C)n1C. The highest BCUT2D eigenvalue weighted by atomic mass is 32.2.